The van der Waals surface area contributed by atoms with Gasteiger partial charge in [0, 0.05) is 10.7 Å². The van der Waals surface area contributed by atoms with Crippen molar-refractivity contribution in [3.05, 3.63) is 144 Å². The van der Waals surface area contributed by atoms with Crippen LogP contribution in [0.3, 0.4) is 0 Å². The number of halogens is 3. The van der Waals surface area contributed by atoms with Crippen molar-refractivity contribution in [2.45, 2.75) is 26.4 Å². The predicted molar refractivity (Wildman–Crippen MR) is 181 cm³/mol. The van der Waals surface area contributed by atoms with E-state index in [1.807, 2.05) is 121 Å². The van der Waals surface area contributed by atoms with Crippen molar-refractivity contribution in [3.63, 3.8) is 0 Å². The van der Waals surface area contributed by atoms with E-state index in [-0.39, 0.29) is 32.5 Å². The van der Waals surface area contributed by atoms with Crippen LogP contribution in [0, 0.1) is 0 Å². The molecule has 0 saturated carbocycles. The molecule has 0 atom stereocenters. The van der Waals surface area contributed by atoms with E-state index >= 15 is 0 Å². The summed E-state index contributed by atoms with van der Waals surface area (Å²) in [6.45, 7) is 0.348. The van der Waals surface area contributed by atoms with E-state index in [9.17, 15) is 22.4 Å². The first-order valence-electron chi connectivity index (χ1n) is 13.5. The van der Waals surface area contributed by atoms with Gasteiger partial charge >= 0.3 is 25.0 Å². The number of hydrogen-bond acceptors (Lipinski definition) is 10. The second kappa shape index (κ2) is 22.5. The first-order chi connectivity index (χ1) is 22.4. The molecule has 4 rings (SSSR count). The van der Waals surface area contributed by atoms with E-state index in [4.69, 9.17) is 45.8 Å². The van der Waals surface area contributed by atoms with E-state index in [1.54, 1.807) is 0 Å². The predicted octanol–water partition coefficient (Wildman–Crippen LogP) is 8.94. The molecule has 0 saturated heterocycles. The highest BCUT2D eigenvalue weighted by atomic mass is 35.7. The zero-order valence-corrected chi connectivity index (χ0v) is 29.6. The first-order valence-corrected chi connectivity index (χ1v) is 19.7. The van der Waals surface area contributed by atoms with Gasteiger partial charge in [-0.05, 0) is 22.3 Å². The lowest BCUT2D eigenvalue weighted by molar-refractivity contribution is 0.115. The minimum Gasteiger partial charge on any atom is -0.302 e. The molecule has 17 heteroatoms. The fraction of sp³-hybridized carbons (Fsp3) is 0.200. The minimum absolute atomic E-state index is 0.0450. The van der Waals surface area contributed by atoms with Crippen molar-refractivity contribution in [1.29, 1.82) is 0 Å². The summed E-state index contributed by atoms with van der Waals surface area (Å²) in [6.07, 6.45) is 0. The van der Waals surface area contributed by atoms with E-state index in [2.05, 4.69) is 14.9 Å². The zero-order chi connectivity index (χ0) is 34.4. The van der Waals surface area contributed by atoms with Gasteiger partial charge in [0.1, 0.15) is 12.1 Å². The molecule has 0 fully saturated rings. The largest absolute Gasteiger partial charge is 0.476 e. The van der Waals surface area contributed by atoms with Crippen LogP contribution >= 0.6 is 49.5 Å². The Morgan fingerprint density at radius 1 is 0.511 bits per heavy atom. The van der Waals surface area contributed by atoms with Gasteiger partial charge in [-0.1, -0.05) is 145 Å². The van der Waals surface area contributed by atoms with Crippen LogP contribution in [0.25, 0.3) is 0 Å². The average Bonchev–Trinajstić information content (AvgIpc) is 3.07. The SMILES string of the molecule is O=P(O)(OCc1ccccc1)OCc1ccccc1.O=P(OCCl)(OCc1ccccc1)OCc1ccccc1.O=S(=O)(Cl)OCCl. The second-order valence-corrected chi connectivity index (χ2v) is 14.5. The normalized spacial score (nSPS) is 11.5. The van der Waals surface area contributed by atoms with Crippen molar-refractivity contribution >= 4 is 58.9 Å². The van der Waals surface area contributed by atoms with Crippen molar-refractivity contribution in [2.24, 2.45) is 0 Å². The van der Waals surface area contributed by atoms with Crippen molar-refractivity contribution in [1.82, 2.24) is 0 Å². The van der Waals surface area contributed by atoms with Crippen LogP contribution in [-0.2, 0) is 71.7 Å². The molecule has 0 aliphatic heterocycles. The second-order valence-electron chi connectivity index (χ2n) is 8.81. The van der Waals surface area contributed by atoms with Gasteiger partial charge in [-0.15, -0.1) is 0 Å². The number of rotatable bonds is 16. The lowest BCUT2D eigenvalue weighted by Crippen LogP contribution is -2.00. The number of hydrogen-bond donors (Lipinski definition) is 1. The number of phosphoric ester groups is 2. The molecule has 1 N–H and O–H groups in total. The molecule has 256 valence electrons. The summed E-state index contributed by atoms with van der Waals surface area (Å²) in [5.41, 5.74) is 3.39. The number of phosphoric acid groups is 2. The number of alkyl halides is 2. The highest BCUT2D eigenvalue weighted by Gasteiger charge is 2.26. The van der Waals surface area contributed by atoms with Gasteiger partial charge in [-0.2, -0.15) is 8.42 Å². The summed E-state index contributed by atoms with van der Waals surface area (Å²) in [7, 11) is -7.04. The van der Waals surface area contributed by atoms with Crippen LogP contribution in [0.1, 0.15) is 22.3 Å². The van der Waals surface area contributed by atoms with Crippen LogP contribution in [-0.4, -0.2) is 25.4 Å². The molecule has 0 spiro atoms. The Kier molecular flexibility index (Phi) is 19.7. The van der Waals surface area contributed by atoms with Crippen molar-refractivity contribution in [3.8, 4) is 0 Å². The minimum atomic E-state index is -4.02. The quantitative estimate of drug-likeness (QED) is 0.0663. The van der Waals surface area contributed by atoms with Crippen molar-refractivity contribution in [2.75, 3.05) is 12.1 Å². The van der Waals surface area contributed by atoms with Crippen LogP contribution in [0.5, 0.6) is 0 Å². The maximum absolute atomic E-state index is 12.4. The maximum Gasteiger partial charge on any atom is 0.476 e. The molecule has 47 heavy (non-hydrogen) atoms. The highest BCUT2D eigenvalue weighted by Crippen LogP contribution is 2.51. The third-order valence-corrected chi connectivity index (χ3v) is 8.74. The molecule has 0 aliphatic rings. The summed E-state index contributed by atoms with van der Waals surface area (Å²) >= 11 is 10.3. The third kappa shape index (κ3) is 20.1. The number of benzene rings is 4. The van der Waals surface area contributed by atoms with E-state index < -0.39 is 31.0 Å². The molecule has 0 heterocycles. The van der Waals surface area contributed by atoms with Gasteiger partial charge in [-0.3, -0.25) is 22.6 Å². The van der Waals surface area contributed by atoms with E-state index in [1.165, 1.54) is 0 Å². The van der Waals surface area contributed by atoms with E-state index in [0.717, 1.165) is 22.3 Å². The molecule has 4 aromatic rings. The van der Waals surface area contributed by atoms with Crippen LogP contribution in [0.2, 0.25) is 0 Å². The summed E-state index contributed by atoms with van der Waals surface area (Å²) in [4.78, 5) is 9.55. The first kappa shape index (κ1) is 41.1. The van der Waals surface area contributed by atoms with Gasteiger partial charge < -0.3 is 4.89 Å². The molecule has 0 amide bonds. The highest BCUT2D eigenvalue weighted by molar-refractivity contribution is 8.10. The van der Waals surface area contributed by atoms with Gasteiger partial charge in [-0.25, -0.2) is 13.3 Å². The maximum atomic E-state index is 12.4. The Labute approximate surface area is 289 Å². The molecule has 0 bridgehead atoms. The lowest BCUT2D eigenvalue weighted by Gasteiger charge is -2.16. The molecule has 0 radical (unpaired) electrons. The van der Waals surface area contributed by atoms with Crippen LogP contribution in [0.4, 0.5) is 0 Å². The fourth-order valence-electron chi connectivity index (χ4n) is 3.18. The standard InChI is InChI=1S/C15H16ClO4P.C14H15O4P.CH2Cl2O3S/c16-13-20-21(17,18-11-14-7-3-1-4-8-14)19-12-15-9-5-2-6-10-15;15-19(16,17-11-13-7-3-1-4-8-13)18-12-14-9-5-2-6-10-14;2-1-6-7(3,4)5/h1-10H,11-13H2;1-10H,11-12H2,(H,15,16);1H2. The Morgan fingerprint density at radius 3 is 1.04 bits per heavy atom. The smallest absolute Gasteiger partial charge is 0.302 e. The summed E-state index contributed by atoms with van der Waals surface area (Å²) in [5, 5.41) is 0. The van der Waals surface area contributed by atoms with Crippen LogP contribution < -0.4 is 0 Å². The zero-order valence-electron chi connectivity index (χ0n) is 24.8. The van der Waals surface area contributed by atoms with Crippen LogP contribution in [0.15, 0.2) is 121 Å². The summed E-state index contributed by atoms with van der Waals surface area (Å²) < 4.78 is 72.6. The van der Waals surface area contributed by atoms with E-state index in [0.29, 0.717) is 0 Å². The Hall–Kier alpha value is -2.12. The molecule has 0 aromatic heterocycles. The molecular formula is C30H33Cl3O11P2S. The van der Waals surface area contributed by atoms with Gasteiger partial charge in [0.15, 0.2) is 0 Å². The molecule has 0 unspecified atom stereocenters. The molecular weight excluding hydrogens is 737 g/mol. The Bertz CT molecular complexity index is 1510. The molecule has 0 aliphatic carbocycles. The lowest BCUT2D eigenvalue weighted by atomic mass is 10.2. The fourth-order valence-corrected chi connectivity index (χ4v) is 5.92. The van der Waals surface area contributed by atoms with Crippen molar-refractivity contribution < 1.29 is 49.2 Å². The monoisotopic (exact) mass is 768 g/mol. The van der Waals surface area contributed by atoms with Gasteiger partial charge in [0.2, 0.25) is 0 Å². The Morgan fingerprint density at radius 2 is 0.809 bits per heavy atom. The topological polar surface area (TPSA) is 144 Å². The average molecular weight is 770 g/mol. The van der Waals surface area contributed by atoms with Gasteiger partial charge in [0.25, 0.3) is 0 Å². The van der Waals surface area contributed by atoms with Gasteiger partial charge in [0.05, 0.1) is 26.4 Å². The Balaban J connectivity index is 0.000000274. The molecule has 11 nitrogen and oxygen atoms in total. The summed E-state index contributed by atoms with van der Waals surface area (Å²) in [6, 6.07) is 36.4. The third-order valence-electron chi connectivity index (χ3n) is 5.33. The summed E-state index contributed by atoms with van der Waals surface area (Å²) in [5.74, 6) is 0. The molecule has 4 aromatic carbocycles.